The highest BCUT2D eigenvalue weighted by atomic mass is 16.5. The quantitative estimate of drug-likeness (QED) is 0.717. The van der Waals surface area contributed by atoms with Crippen LogP contribution in [-0.2, 0) is 9.59 Å². The van der Waals surface area contributed by atoms with Crippen LogP contribution in [-0.4, -0.2) is 67.5 Å². The molecule has 1 N–H and O–H groups in total. The van der Waals surface area contributed by atoms with Gasteiger partial charge in [0, 0.05) is 32.7 Å². The molecular weight excluding hydrogens is 330 g/mol. The zero-order valence-electron chi connectivity index (χ0n) is 16.2. The zero-order chi connectivity index (χ0) is 18.9. The second-order valence-corrected chi connectivity index (χ2v) is 6.97. The summed E-state index contributed by atoms with van der Waals surface area (Å²) in [6.07, 6.45) is 2.08. The van der Waals surface area contributed by atoms with E-state index in [1.807, 2.05) is 30.9 Å². The van der Waals surface area contributed by atoms with Gasteiger partial charge in [-0.1, -0.05) is 19.4 Å². The van der Waals surface area contributed by atoms with E-state index in [0.717, 1.165) is 49.4 Å². The van der Waals surface area contributed by atoms with Gasteiger partial charge >= 0.3 is 0 Å². The van der Waals surface area contributed by atoms with Crippen molar-refractivity contribution in [2.45, 2.75) is 33.6 Å². The molecule has 6 nitrogen and oxygen atoms in total. The Hall–Kier alpha value is -2.08. The number of ether oxygens (including phenoxy) is 1. The lowest BCUT2D eigenvalue weighted by Crippen LogP contribution is -2.52. The number of aryl methyl sites for hydroxylation is 2. The fourth-order valence-electron chi connectivity index (χ4n) is 3.07. The first-order valence-electron chi connectivity index (χ1n) is 9.46. The number of unbranched alkanes of at least 4 members (excludes halogenated alkanes) is 1. The van der Waals surface area contributed by atoms with Crippen LogP contribution in [0.1, 0.15) is 30.9 Å². The molecule has 0 radical (unpaired) electrons. The summed E-state index contributed by atoms with van der Waals surface area (Å²) in [6.45, 7) is 10.0. The SMILES string of the molecule is CCCCNC(=O)CN1CCN(C(=O)COc2cc(C)cc(C)c2)CC1. The van der Waals surface area contributed by atoms with Crippen LogP contribution >= 0.6 is 0 Å². The Balaban J connectivity index is 1.70. The summed E-state index contributed by atoms with van der Waals surface area (Å²) in [5, 5.41) is 2.93. The molecule has 1 fully saturated rings. The lowest BCUT2D eigenvalue weighted by Gasteiger charge is -2.34. The summed E-state index contributed by atoms with van der Waals surface area (Å²) in [5.41, 5.74) is 2.25. The van der Waals surface area contributed by atoms with Crippen LogP contribution in [0.4, 0.5) is 0 Å². The maximum absolute atomic E-state index is 12.3. The van der Waals surface area contributed by atoms with Gasteiger partial charge in [0.05, 0.1) is 6.54 Å². The zero-order valence-corrected chi connectivity index (χ0v) is 16.2. The molecule has 1 aromatic carbocycles. The Labute approximate surface area is 156 Å². The minimum Gasteiger partial charge on any atom is -0.484 e. The predicted molar refractivity (Wildman–Crippen MR) is 102 cm³/mol. The van der Waals surface area contributed by atoms with Crippen molar-refractivity contribution in [1.29, 1.82) is 0 Å². The number of hydrogen-bond acceptors (Lipinski definition) is 4. The molecule has 0 atom stereocenters. The molecule has 1 aliphatic rings. The minimum atomic E-state index is -0.00351. The lowest BCUT2D eigenvalue weighted by molar-refractivity contribution is -0.135. The summed E-state index contributed by atoms with van der Waals surface area (Å²) < 4.78 is 5.66. The standard InChI is InChI=1S/C20H31N3O3/c1-4-5-6-21-19(24)14-22-7-9-23(10-8-22)20(25)15-26-18-12-16(2)11-17(3)13-18/h11-13H,4-10,14-15H2,1-3H3,(H,21,24). The fourth-order valence-corrected chi connectivity index (χ4v) is 3.07. The summed E-state index contributed by atoms with van der Waals surface area (Å²) in [5.74, 6) is 0.797. The molecule has 0 aromatic heterocycles. The van der Waals surface area contributed by atoms with Crippen molar-refractivity contribution in [1.82, 2.24) is 15.1 Å². The summed E-state index contributed by atoms with van der Waals surface area (Å²) in [7, 11) is 0. The van der Waals surface area contributed by atoms with Gasteiger partial charge in [-0.2, -0.15) is 0 Å². The van der Waals surface area contributed by atoms with Crippen LogP contribution in [0.3, 0.4) is 0 Å². The average molecular weight is 361 g/mol. The fraction of sp³-hybridized carbons (Fsp3) is 0.600. The smallest absolute Gasteiger partial charge is 0.260 e. The van der Waals surface area contributed by atoms with Gasteiger partial charge in [-0.05, 0) is 43.5 Å². The number of piperazine rings is 1. The van der Waals surface area contributed by atoms with Gasteiger partial charge in [0.2, 0.25) is 5.91 Å². The van der Waals surface area contributed by atoms with Crippen LogP contribution < -0.4 is 10.1 Å². The summed E-state index contributed by atoms with van der Waals surface area (Å²) in [4.78, 5) is 28.1. The Bertz CT molecular complexity index is 590. The highest BCUT2D eigenvalue weighted by Crippen LogP contribution is 2.16. The van der Waals surface area contributed by atoms with Crippen LogP contribution in [0.2, 0.25) is 0 Å². The van der Waals surface area contributed by atoms with Gasteiger partial charge in [-0.25, -0.2) is 0 Å². The molecule has 2 rings (SSSR count). The van der Waals surface area contributed by atoms with Gasteiger partial charge in [0.25, 0.3) is 5.91 Å². The number of carbonyl (C=O) groups is 2. The molecule has 0 saturated carbocycles. The Morgan fingerprint density at radius 2 is 1.73 bits per heavy atom. The molecule has 1 aliphatic heterocycles. The van der Waals surface area contributed by atoms with Gasteiger partial charge in [0.1, 0.15) is 5.75 Å². The van der Waals surface area contributed by atoms with E-state index in [2.05, 4.69) is 23.2 Å². The number of amides is 2. The molecule has 144 valence electrons. The number of carbonyl (C=O) groups excluding carboxylic acids is 2. The molecule has 0 bridgehead atoms. The number of rotatable bonds is 8. The molecule has 0 aliphatic carbocycles. The predicted octanol–water partition coefficient (Wildman–Crippen LogP) is 1.74. The van der Waals surface area contributed by atoms with Crippen molar-refractivity contribution in [2.24, 2.45) is 0 Å². The molecule has 26 heavy (non-hydrogen) atoms. The van der Waals surface area contributed by atoms with Crippen LogP contribution in [0, 0.1) is 13.8 Å². The molecule has 1 heterocycles. The third-order valence-corrected chi connectivity index (χ3v) is 4.50. The topological polar surface area (TPSA) is 61.9 Å². The molecule has 0 unspecified atom stereocenters. The van der Waals surface area contributed by atoms with Crippen LogP contribution in [0.5, 0.6) is 5.75 Å². The van der Waals surface area contributed by atoms with E-state index in [1.165, 1.54) is 0 Å². The van der Waals surface area contributed by atoms with Gasteiger partial charge < -0.3 is 15.0 Å². The second kappa shape index (κ2) is 10.2. The first-order valence-corrected chi connectivity index (χ1v) is 9.46. The molecule has 1 saturated heterocycles. The van der Waals surface area contributed by atoms with Crippen LogP contribution in [0.15, 0.2) is 18.2 Å². The first-order chi connectivity index (χ1) is 12.5. The van der Waals surface area contributed by atoms with Crippen molar-refractivity contribution in [2.75, 3.05) is 45.9 Å². The number of benzene rings is 1. The van der Waals surface area contributed by atoms with E-state index in [9.17, 15) is 9.59 Å². The van der Waals surface area contributed by atoms with E-state index in [4.69, 9.17) is 4.74 Å². The van der Waals surface area contributed by atoms with E-state index in [1.54, 1.807) is 0 Å². The third-order valence-electron chi connectivity index (χ3n) is 4.50. The second-order valence-electron chi connectivity index (χ2n) is 6.97. The van der Waals surface area contributed by atoms with Crippen molar-refractivity contribution in [3.63, 3.8) is 0 Å². The van der Waals surface area contributed by atoms with Crippen molar-refractivity contribution in [3.8, 4) is 5.75 Å². The van der Waals surface area contributed by atoms with Gasteiger partial charge in [-0.3, -0.25) is 14.5 Å². The Morgan fingerprint density at radius 1 is 1.08 bits per heavy atom. The third kappa shape index (κ3) is 6.67. The summed E-state index contributed by atoms with van der Waals surface area (Å²) in [6, 6.07) is 5.96. The number of hydrogen-bond donors (Lipinski definition) is 1. The summed E-state index contributed by atoms with van der Waals surface area (Å²) >= 11 is 0. The first kappa shape index (κ1) is 20.2. The van der Waals surface area contributed by atoms with Gasteiger partial charge in [0.15, 0.2) is 6.61 Å². The molecule has 0 spiro atoms. The highest BCUT2D eigenvalue weighted by Gasteiger charge is 2.22. The Morgan fingerprint density at radius 3 is 2.35 bits per heavy atom. The van der Waals surface area contributed by atoms with E-state index >= 15 is 0 Å². The van der Waals surface area contributed by atoms with Crippen LogP contribution in [0.25, 0.3) is 0 Å². The monoisotopic (exact) mass is 361 g/mol. The molecule has 6 heteroatoms. The minimum absolute atomic E-state index is 0.00351. The van der Waals surface area contributed by atoms with Crippen molar-refractivity contribution < 1.29 is 14.3 Å². The van der Waals surface area contributed by atoms with Gasteiger partial charge in [-0.15, -0.1) is 0 Å². The van der Waals surface area contributed by atoms with Crippen molar-refractivity contribution in [3.05, 3.63) is 29.3 Å². The normalized spacial score (nSPS) is 15.0. The largest absolute Gasteiger partial charge is 0.484 e. The molecular formula is C20H31N3O3. The van der Waals surface area contributed by atoms with E-state index in [0.29, 0.717) is 19.6 Å². The maximum Gasteiger partial charge on any atom is 0.260 e. The maximum atomic E-state index is 12.3. The lowest BCUT2D eigenvalue weighted by atomic mass is 10.1. The van der Waals surface area contributed by atoms with Crippen molar-refractivity contribution >= 4 is 11.8 Å². The highest BCUT2D eigenvalue weighted by molar-refractivity contribution is 5.79. The van der Waals surface area contributed by atoms with E-state index < -0.39 is 0 Å². The van der Waals surface area contributed by atoms with E-state index in [-0.39, 0.29) is 18.4 Å². The molecule has 1 aromatic rings. The molecule has 2 amide bonds. The number of nitrogens with one attached hydrogen (secondary N) is 1. The Kier molecular flexibility index (Phi) is 7.91. The number of nitrogens with zero attached hydrogens (tertiary/aromatic N) is 2. The average Bonchev–Trinajstić information content (AvgIpc) is 2.60.